The van der Waals surface area contributed by atoms with E-state index in [0.29, 0.717) is 11.5 Å². The van der Waals surface area contributed by atoms with Gasteiger partial charge in [0.2, 0.25) is 0 Å². The van der Waals surface area contributed by atoms with E-state index in [1.165, 1.54) is 11.1 Å². The van der Waals surface area contributed by atoms with Gasteiger partial charge in [-0.25, -0.2) is 0 Å². The Kier molecular flexibility index (Phi) is 18.3. The topological polar surface area (TPSA) is 76.3 Å². The molecule has 44 heavy (non-hydrogen) atoms. The molecule has 247 valence electrons. The summed E-state index contributed by atoms with van der Waals surface area (Å²) in [6.45, 7) is 29.6. The van der Waals surface area contributed by atoms with Crippen molar-refractivity contribution in [2.45, 2.75) is 125 Å². The third-order valence-corrected chi connectivity index (χ3v) is 7.09. The molecule has 0 fully saturated rings. The van der Waals surface area contributed by atoms with Gasteiger partial charge in [-0.2, -0.15) is 36.4 Å². The molecule has 0 aromatic heterocycles. The Morgan fingerprint density at radius 1 is 0.636 bits per heavy atom. The number of phenols is 2. The first kappa shape index (κ1) is 44.1. The quantitative estimate of drug-likeness (QED) is 0.192. The molecule has 3 aromatic carbocycles. The van der Waals surface area contributed by atoms with E-state index in [1.54, 1.807) is 0 Å². The second-order valence-corrected chi connectivity index (χ2v) is 15.1. The van der Waals surface area contributed by atoms with E-state index in [-0.39, 0.29) is 57.7 Å². The summed E-state index contributed by atoms with van der Waals surface area (Å²) in [5, 5.41) is 24.0. The van der Waals surface area contributed by atoms with Crippen molar-refractivity contribution < 1.29 is 27.3 Å². The smallest absolute Gasteiger partial charge is 0.674 e. The molecule has 1 radical (unpaired) electrons. The fourth-order valence-electron chi connectivity index (χ4n) is 4.27. The van der Waals surface area contributed by atoms with E-state index in [0.717, 1.165) is 35.3 Å². The van der Waals surface area contributed by atoms with Crippen LogP contribution in [0.4, 0.5) is 0 Å². The summed E-state index contributed by atoms with van der Waals surface area (Å²) in [6, 6.07) is 20.8. The molecule has 0 saturated carbocycles. The Bertz CT molecular complexity index is 1220. The maximum atomic E-state index is 10.5. The van der Waals surface area contributed by atoms with Gasteiger partial charge in [-0.05, 0) is 56.0 Å². The number of aromatic hydroxyl groups is 2. The van der Waals surface area contributed by atoms with Gasteiger partial charge >= 0.3 is 17.1 Å². The van der Waals surface area contributed by atoms with Crippen LogP contribution < -0.4 is 5.32 Å². The van der Waals surface area contributed by atoms with Crippen molar-refractivity contribution in [2.24, 2.45) is 0 Å². The van der Waals surface area contributed by atoms with Gasteiger partial charge in [0.05, 0.1) is 0 Å². The van der Waals surface area contributed by atoms with Gasteiger partial charge < -0.3 is 21.3 Å². The normalized spacial score (nSPS) is 11.6. The molecule has 0 aliphatic heterocycles. The summed E-state index contributed by atoms with van der Waals surface area (Å²) in [7, 11) is 0. The third-order valence-electron chi connectivity index (χ3n) is 7.09. The van der Waals surface area contributed by atoms with Crippen LogP contribution in [0, 0.1) is 6.07 Å². The van der Waals surface area contributed by atoms with Crippen molar-refractivity contribution in [3.63, 3.8) is 0 Å². The SMILES string of the molecule is CC(C)(C)c1cc(C[NH-])c(O)c(C(C)(C)C)c1.CCNCc1cc(C(C)(C)C)cc(C(C)(C)C)c1O.Cl.[Mn+2].[c-]1ccccc1. The zero-order chi connectivity index (χ0) is 32.5. The molecule has 0 aliphatic rings. The van der Waals surface area contributed by atoms with Crippen molar-refractivity contribution in [1.82, 2.24) is 5.32 Å². The molecule has 4 N–H and O–H groups in total. The summed E-state index contributed by atoms with van der Waals surface area (Å²) in [5.74, 6) is 0.738. The van der Waals surface area contributed by atoms with E-state index in [4.69, 9.17) is 5.73 Å². The minimum atomic E-state index is -0.102. The molecule has 0 spiro atoms. The predicted molar refractivity (Wildman–Crippen MR) is 189 cm³/mol. The van der Waals surface area contributed by atoms with Crippen LogP contribution in [0.25, 0.3) is 5.73 Å². The predicted octanol–water partition coefficient (Wildman–Crippen LogP) is 10.5. The number of phenolic OH excluding ortho intramolecular Hbond substituents is 2. The molecule has 0 aliphatic carbocycles. The first-order chi connectivity index (χ1) is 19.1. The molecule has 6 heteroatoms. The summed E-state index contributed by atoms with van der Waals surface area (Å²) >= 11 is 0. The van der Waals surface area contributed by atoms with Crippen molar-refractivity contribution in [3.8, 4) is 11.5 Å². The van der Waals surface area contributed by atoms with E-state index >= 15 is 0 Å². The molecular weight excluding hydrogens is 607 g/mol. The maximum absolute atomic E-state index is 10.5. The zero-order valence-corrected chi connectivity index (χ0v) is 31.5. The van der Waals surface area contributed by atoms with Crippen molar-refractivity contribution in [3.05, 3.63) is 99.8 Å². The number of hydrogen-bond donors (Lipinski definition) is 3. The van der Waals surface area contributed by atoms with Crippen LogP contribution in [0.2, 0.25) is 0 Å². The van der Waals surface area contributed by atoms with Gasteiger partial charge in [-0.3, -0.25) is 0 Å². The number of halogens is 1. The molecule has 3 aromatic rings. The number of rotatable bonds is 4. The van der Waals surface area contributed by atoms with Crippen LogP contribution in [0.15, 0.2) is 54.6 Å². The van der Waals surface area contributed by atoms with Crippen molar-refractivity contribution in [2.75, 3.05) is 6.54 Å². The molecule has 4 nitrogen and oxygen atoms in total. The van der Waals surface area contributed by atoms with Gasteiger partial charge in [-0.15, -0.1) is 19.0 Å². The Morgan fingerprint density at radius 2 is 1.02 bits per heavy atom. The number of benzene rings is 3. The van der Waals surface area contributed by atoms with E-state index in [9.17, 15) is 10.2 Å². The fourth-order valence-corrected chi connectivity index (χ4v) is 4.27. The molecule has 3 rings (SSSR count). The number of nitrogens with one attached hydrogen (secondary N) is 2. The first-order valence-electron chi connectivity index (χ1n) is 15.1. The average molecular weight is 666 g/mol. The molecule has 0 atom stereocenters. The Morgan fingerprint density at radius 3 is 1.30 bits per heavy atom. The third kappa shape index (κ3) is 14.0. The Labute approximate surface area is 286 Å². The second-order valence-electron chi connectivity index (χ2n) is 15.1. The van der Waals surface area contributed by atoms with E-state index in [2.05, 4.69) is 120 Å². The molecule has 0 amide bonds. The Balaban J connectivity index is 0. The molecular formula is C38H59ClMnN2O2. The van der Waals surface area contributed by atoms with Crippen LogP contribution in [0.1, 0.15) is 123 Å². The minimum absolute atomic E-state index is 0. The standard InChI is InChI=1S/C17H29NO.C15H24NO.C6H5.ClH.Mn/c1-8-18-11-12-9-13(16(2,3)4)10-14(15(12)19)17(5,6)7;1-14(2,3)11-7-10(9-16)13(17)12(8-11)15(4,5)6;1-2-4-6-5-3-1;;/h9-10,18-19H,8,11H2,1-7H3;7-8,16-17H,9H2,1-6H3;1-5H;1H;/q;2*-1;;+2. The fraction of sp³-hybridized carbons (Fsp3) is 0.526. The summed E-state index contributed by atoms with van der Waals surface area (Å²) in [6.07, 6.45) is 0. The monoisotopic (exact) mass is 665 g/mol. The van der Waals surface area contributed by atoms with Crippen LogP contribution in [-0.2, 0) is 51.8 Å². The van der Waals surface area contributed by atoms with Crippen LogP contribution in [-0.4, -0.2) is 16.8 Å². The van der Waals surface area contributed by atoms with Gasteiger partial charge in [0, 0.05) is 12.1 Å². The molecule has 0 heterocycles. The van der Waals surface area contributed by atoms with Crippen LogP contribution >= 0.6 is 12.4 Å². The van der Waals surface area contributed by atoms with Crippen LogP contribution in [0.5, 0.6) is 11.5 Å². The summed E-state index contributed by atoms with van der Waals surface area (Å²) in [4.78, 5) is 0. The van der Waals surface area contributed by atoms with Crippen molar-refractivity contribution >= 4 is 12.4 Å². The molecule has 0 unspecified atom stereocenters. The minimum Gasteiger partial charge on any atom is -0.674 e. The van der Waals surface area contributed by atoms with E-state index in [1.807, 2.05) is 36.4 Å². The molecule has 0 saturated heterocycles. The zero-order valence-electron chi connectivity index (χ0n) is 29.5. The van der Waals surface area contributed by atoms with Gasteiger partial charge in [0.1, 0.15) is 11.5 Å². The van der Waals surface area contributed by atoms with Gasteiger partial charge in [0.25, 0.3) is 0 Å². The summed E-state index contributed by atoms with van der Waals surface area (Å²) in [5.41, 5.74) is 13.7. The second kappa shape index (κ2) is 18.2. The summed E-state index contributed by atoms with van der Waals surface area (Å²) < 4.78 is 0. The Hall–Kier alpha value is -2.01. The molecule has 0 bridgehead atoms. The van der Waals surface area contributed by atoms with Gasteiger partial charge in [0.15, 0.2) is 0 Å². The van der Waals surface area contributed by atoms with Gasteiger partial charge in [-0.1, -0.05) is 114 Å². The van der Waals surface area contributed by atoms with E-state index < -0.39 is 0 Å². The maximum Gasteiger partial charge on any atom is 2.00 e. The average Bonchev–Trinajstić information content (AvgIpc) is 2.87. The number of hydrogen-bond acceptors (Lipinski definition) is 3. The van der Waals surface area contributed by atoms with Crippen molar-refractivity contribution in [1.29, 1.82) is 0 Å². The van der Waals surface area contributed by atoms with Crippen LogP contribution in [0.3, 0.4) is 0 Å². The largest absolute Gasteiger partial charge is 2.00 e. The first-order valence-corrected chi connectivity index (χ1v) is 15.1.